The maximum atomic E-state index is 5.93. The Balaban J connectivity index is 0.00000200. The zero-order valence-corrected chi connectivity index (χ0v) is 14.8. The number of hydrogen-bond acceptors (Lipinski definition) is 1. The normalized spacial score (nSPS) is 19.7. The van der Waals surface area contributed by atoms with Crippen molar-refractivity contribution >= 4 is 29.9 Å². The minimum Gasteiger partial charge on any atom is -0.370 e. The quantitative estimate of drug-likeness (QED) is 0.473. The largest absolute Gasteiger partial charge is 0.370 e. The molecule has 3 N–H and O–H groups in total. The van der Waals surface area contributed by atoms with Gasteiger partial charge in [0.05, 0.1) is 0 Å². The first-order valence-electron chi connectivity index (χ1n) is 7.35. The molecule has 2 unspecified atom stereocenters. The number of hydrogen-bond donors (Lipinski definition) is 2. The van der Waals surface area contributed by atoms with Gasteiger partial charge < -0.3 is 11.1 Å². The highest BCUT2D eigenvalue weighted by Crippen LogP contribution is 2.31. The smallest absolute Gasteiger partial charge is 0.188 e. The van der Waals surface area contributed by atoms with Gasteiger partial charge in [0.25, 0.3) is 0 Å². The summed E-state index contributed by atoms with van der Waals surface area (Å²) in [7, 11) is 0. The van der Waals surface area contributed by atoms with Crippen molar-refractivity contribution in [1.82, 2.24) is 5.32 Å². The molecule has 0 fully saturated rings. The number of nitrogens with zero attached hydrogens (tertiary/aromatic N) is 1. The highest BCUT2D eigenvalue weighted by atomic mass is 127. The Morgan fingerprint density at radius 3 is 2.95 bits per heavy atom. The number of aliphatic imine (C=N–C) groups is 1. The molecule has 3 nitrogen and oxygen atoms in total. The van der Waals surface area contributed by atoms with E-state index in [1.54, 1.807) is 0 Å². The van der Waals surface area contributed by atoms with Crippen LogP contribution in [0.5, 0.6) is 0 Å². The summed E-state index contributed by atoms with van der Waals surface area (Å²) in [5.74, 6) is 1.11. The minimum atomic E-state index is 0. The molecule has 4 heteroatoms. The van der Waals surface area contributed by atoms with Crippen LogP contribution >= 0.6 is 24.0 Å². The summed E-state index contributed by atoms with van der Waals surface area (Å²) in [6, 6.07) is 9.13. The van der Waals surface area contributed by atoms with Crippen molar-refractivity contribution in [1.29, 1.82) is 0 Å². The van der Waals surface area contributed by atoms with Crippen LogP contribution in [0.1, 0.15) is 50.2 Å². The second kappa shape index (κ2) is 8.49. The third-order valence-corrected chi connectivity index (χ3v) is 3.98. The maximum absolute atomic E-state index is 5.93. The van der Waals surface area contributed by atoms with Gasteiger partial charge in [-0.25, -0.2) is 0 Å². The topological polar surface area (TPSA) is 50.4 Å². The van der Waals surface area contributed by atoms with Gasteiger partial charge in [-0.2, -0.15) is 0 Å². The first-order valence-corrected chi connectivity index (χ1v) is 7.35. The van der Waals surface area contributed by atoms with Gasteiger partial charge in [0, 0.05) is 18.5 Å². The van der Waals surface area contributed by atoms with Crippen LogP contribution in [0.2, 0.25) is 0 Å². The predicted molar refractivity (Wildman–Crippen MR) is 96.9 cm³/mol. The Kier molecular flexibility index (Phi) is 7.34. The van der Waals surface area contributed by atoms with E-state index >= 15 is 0 Å². The first kappa shape index (κ1) is 17.3. The molecule has 1 aliphatic carbocycles. The van der Waals surface area contributed by atoms with Gasteiger partial charge >= 0.3 is 0 Å². The molecule has 112 valence electrons. The number of fused-ring (bicyclic) bond motifs is 1. The van der Waals surface area contributed by atoms with Crippen molar-refractivity contribution in [3.8, 4) is 0 Å². The Bertz CT molecular complexity index is 445. The van der Waals surface area contributed by atoms with Crippen LogP contribution in [0.25, 0.3) is 0 Å². The van der Waals surface area contributed by atoms with Crippen LogP contribution in [-0.2, 0) is 6.42 Å². The molecule has 2 atom stereocenters. The summed E-state index contributed by atoms with van der Waals surface area (Å²) in [5, 5.41) is 3.22. The van der Waals surface area contributed by atoms with E-state index < -0.39 is 0 Å². The van der Waals surface area contributed by atoms with Crippen LogP contribution in [0.4, 0.5) is 0 Å². The summed E-state index contributed by atoms with van der Waals surface area (Å²) in [5.41, 5.74) is 8.88. The molecule has 1 aromatic rings. The molecule has 1 aromatic carbocycles. The monoisotopic (exact) mass is 387 g/mol. The van der Waals surface area contributed by atoms with Gasteiger partial charge in [0.15, 0.2) is 5.96 Å². The number of benzene rings is 1. The molecule has 0 saturated carbocycles. The highest BCUT2D eigenvalue weighted by molar-refractivity contribution is 14.0. The number of nitrogens with two attached hydrogens (primary N) is 1. The SMILES string of the molecule is CCC(C)NC(N)=NCC1CCCc2ccccc21.I. The average molecular weight is 387 g/mol. The van der Waals surface area contributed by atoms with Gasteiger partial charge in [-0.1, -0.05) is 31.2 Å². The molecule has 0 spiro atoms. The fraction of sp³-hybridized carbons (Fsp3) is 0.562. The zero-order chi connectivity index (χ0) is 13.7. The summed E-state index contributed by atoms with van der Waals surface area (Å²) in [6.07, 6.45) is 4.74. The van der Waals surface area contributed by atoms with Gasteiger partial charge in [-0.05, 0) is 43.7 Å². The molecule has 0 bridgehead atoms. The molecule has 0 radical (unpaired) electrons. The number of guanidine groups is 1. The van der Waals surface area contributed by atoms with E-state index in [2.05, 4.69) is 48.4 Å². The third kappa shape index (κ3) is 4.65. The van der Waals surface area contributed by atoms with Gasteiger partial charge in [-0.15, -0.1) is 24.0 Å². The first-order chi connectivity index (χ1) is 9.20. The van der Waals surface area contributed by atoms with Crippen molar-refractivity contribution in [3.05, 3.63) is 35.4 Å². The van der Waals surface area contributed by atoms with E-state index in [1.165, 1.54) is 30.4 Å². The summed E-state index contributed by atoms with van der Waals surface area (Å²) in [4.78, 5) is 4.52. The van der Waals surface area contributed by atoms with E-state index in [0.717, 1.165) is 13.0 Å². The molecule has 1 aliphatic rings. The van der Waals surface area contributed by atoms with Crippen LogP contribution in [0.15, 0.2) is 29.3 Å². The number of halogens is 1. The van der Waals surface area contributed by atoms with Gasteiger partial charge in [0.2, 0.25) is 0 Å². The fourth-order valence-electron chi connectivity index (χ4n) is 2.65. The van der Waals surface area contributed by atoms with Crippen LogP contribution in [0, 0.1) is 0 Å². The van der Waals surface area contributed by atoms with Gasteiger partial charge in [0.1, 0.15) is 0 Å². The Morgan fingerprint density at radius 1 is 1.45 bits per heavy atom. The lowest BCUT2D eigenvalue weighted by atomic mass is 9.83. The summed E-state index contributed by atoms with van der Waals surface area (Å²) >= 11 is 0. The molecule has 20 heavy (non-hydrogen) atoms. The van der Waals surface area contributed by atoms with Crippen molar-refractivity contribution in [3.63, 3.8) is 0 Å². The Labute approximate surface area is 139 Å². The highest BCUT2D eigenvalue weighted by Gasteiger charge is 2.19. The molecule has 2 rings (SSSR count). The van der Waals surface area contributed by atoms with E-state index in [4.69, 9.17) is 5.73 Å². The summed E-state index contributed by atoms with van der Waals surface area (Å²) in [6.45, 7) is 5.06. The number of aryl methyl sites for hydroxylation is 1. The van der Waals surface area contributed by atoms with E-state index in [-0.39, 0.29) is 24.0 Å². The zero-order valence-electron chi connectivity index (χ0n) is 12.4. The molecule has 0 heterocycles. The second-order valence-electron chi connectivity index (χ2n) is 5.47. The lowest BCUT2D eigenvalue weighted by Gasteiger charge is -2.24. The molecule has 0 aromatic heterocycles. The molecular weight excluding hydrogens is 361 g/mol. The predicted octanol–water partition coefficient (Wildman–Crippen LogP) is 3.43. The lowest BCUT2D eigenvalue weighted by Crippen LogP contribution is -2.38. The Hall–Kier alpha value is -0.780. The van der Waals surface area contributed by atoms with E-state index in [0.29, 0.717) is 17.9 Å². The van der Waals surface area contributed by atoms with Gasteiger partial charge in [-0.3, -0.25) is 4.99 Å². The van der Waals surface area contributed by atoms with Crippen molar-refractivity contribution in [2.24, 2.45) is 10.7 Å². The van der Waals surface area contributed by atoms with Crippen LogP contribution in [0.3, 0.4) is 0 Å². The van der Waals surface area contributed by atoms with Crippen LogP contribution < -0.4 is 11.1 Å². The van der Waals surface area contributed by atoms with E-state index in [1.807, 2.05) is 0 Å². The third-order valence-electron chi connectivity index (χ3n) is 3.98. The van der Waals surface area contributed by atoms with Crippen molar-refractivity contribution in [2.45, 2.75) is 51.5 Å². The molecule has 0 amide bonds. The van der Waals surface area contributed by atoms with Crippen molar-refractivity contribution in [2.75, 3.05) is 6.54 Å². The second-order valence-corrected chi connectivity index (χ2v) is 5.47. The van der Waals surface area contributed by atoms with Crippen LogP contribution in [-0.4, -0.2) is 18.5 Å². The van der Waals surface area contributed by atoms with E-state index in [9.17, 15) is 0 Å². The maximum Gasteiger partial charge on any atom is 0.188 e. The minimum absolute atomic E-state index is 0. The molecule has 0 saturated heterocycles. The number of rotatable bonds is 4. The fourth-order valence-corrected chi connectivity index (χ4v) is 2.65. The molecular formula is C16H26IN3. The standard InChI is InChI=1S/C16H25N3.HI/c1-3-12(2)19-16(17)18-11-14-9-6-8-13-7-4-5-10-15(13)14;/h4-5,7,10,12,14H,3,6,8-9,11H2,1-2H3,(H3,17,18,19);1H. The summed E-state index contributed by atoms with van der Waals surface area (Å²) < 4.78 is 0. The average Bonchev–Trinajstić information content (AvgIpc) is 2.44. The Morgan fingerprint density at radius 2 is 2.20 bits per heavy atom. The molecule has 0 aliphatic heterocycles. The number of nitrogens with one attached hydrogen (secondary N) is 1. The van der Waals surface area contributed by atoms with Crippen molar-refractivity contribution < 1.29 is 0 Å². The lowest BCUT2D eigenvalue weighted by molar-refractivity contribution is 0.558.